The molecule has 20 heavy (non-hydrogen) atoms. The van der Waals surface area contributed by atoms with E-state index >= 15 is 0 Å². The van der Waals surface area contributed by atoms with Gasteiger partial charge in [0.15, 0.2) is 5.82 Å². The average molecular weight is 292 g/mol. The third-order valence-corrected chi connectivity index (χ3v) is 4.81. The molecule has 0 spiro atoms. The molecule has 1 aromatic heterocycles. The highest BCUT2D eigenvalue weighted by atomic mass is 32.2. The van der Waals surface area contributed by atoms with Crippen molar-refractivity contribution >= 4 is 10.0 Å². The monoisotopic (exact) mass is 292 g/mol. The molecule has 1 aromatic carbocycles. The van der Waals surface area contributed by atoms with E-state index in [1.807, 2.05) is 24.3 Å². The molecule has 1 unspecified atom stereocenters. The zero-order valence-electron chi connectivity index (χ0n) is 10.6. The third-order valence-electron chi connectivity index (χ3n) is 3.41. The zero-order chi connectivity index (χ0) is 14.2. The maximum absolute atomic E-state index is 13.6. The third kappa shape index (κ3) is 2.32. The number of aryl methyl sites for hydroxylation is 1. The number of nitrogens with zero attached hydrogens (tertiary/aromatic N) is 1. The Kier molecular flexibility index (Phi) is 3.27. The lowest BCUT2D eigenvalue weighted by Crippen LogP contribution is -2.28. The van der Waals surface area contributed by atoms with Gasteiger partial charge in [0.2, 0.25) is 5.03 Å². The molecule has 0 amide bonds. The van der Waals surface area contributed by atoms with Gasteiger partial charge in [-0.1, -0.05) is 24.3 Å². The van der Waals surface area contributed by atoms with E-state index in [1.165, 1.54) is 12.3 Å². The summed E-state index contributed by atoms with van der Waals surface area (Å²) in [5, 5.41) is -0.551. The Balaban J connectivity index is 1.91. The molecule has 4 nitrogen and oxygen atoms in total. The van der Waals surface area contributed by atoms with Crippen LogP contribution < -0.4 is 4.72 Å². The largest absolute Gasteiger partial charge is 0.261 e. The molecule has 1 heterocycles. The Labute approximate surface area is 116 Å². The highest BCUT2D eigenvalue weighted by molar-refractivity contribution is 7.89. The Morgan fingerprint density at radius 1 is 1.20 bits per heavy atom. The van der Waals surface area contributed by atoms with E-state index in [0.29, 0.717) is 6.42 Å². The fourth-order valence-corrected chi connectivity index (χ4v) is 3.75. The van der Waals surface area contributed by atoms with Crippen LogP contribution in [-0.2, 0) is 16.4 Å². The Hall–Kier alpha value is -1.79. The lowest BCUT2D eigenvalue weighted by atomic mass is 10.1. The number of halogens is 1. The van der Waals surface area contributed by atoms with Crippen molar-refractivity contribution in [1.29, 1.82) is 0 Å². The van der Waals surface area contributed by atoms with E-state index in [4.69, 9.17) is 0 Å². The number of rotatable bonds is 3. The van der Waals surface area contributed by atoms with Crippen molar-refractivity contribution in [2.75, 3.05) is 0 Å². The lowest BCUT2D eigenvalue weighted by molar-refractivity contribution is 0.528. The number of hydrogen-bond acceptors (Lipinski definition) is 3. The summed E-state index contributed by atoms with van der Waals surface area (Å²) in [4.78, 5) is 3.62. The van der Waals surface area contributed by atoms with Gasteiger partial charge in [-0.15, -0.1) is 0 Å². The Morgan fingerprint density at radius 2 is 2.00 bits per heavy atom. The molecule has 0 saturated carbocycles. The summed E-state index contributed by atoms with van der Waals surface area (Å²) < 4.78 is 40.5. The van der Waals surface area contributed by atoms with Crippen LogP contribution in [0.25, 0.3) is 0 Å². The van der Waals surface area contributed by atoms with Crippen LogP contribution >= 0.6 is 0 Å². The van der Waals surface area contributed by atoms with E-state index in [-0.39, 0.29) is 6.04 Å². The number of nitrogens with one attached hydrogen (secondary N) is 1. The fraction of sp³-hybridized carbons (Fsp3) is 0.214. The second kappa shape index (κ2) is 4.96. The predicted molar refractivity (Wildman–Crippen MR) is 72.0 cm³/mol. The normalized spacial score (nSPS) is 17.9. The average Bonchev–Trinajstić information content (AvgIpc) is 2.82. The fourth-order valence-electron chi connectivity index (χ4n) is 2.49. The van der Waals surface area contributed by atoms with E-state index in [9.17, 15) is 12.8 Å². The summed E-state index contributed by atoms with van der Waals surface area (Å²) in [6, 6.07) is 9.79. The number of hydrogen-bond donors (Lipinski definition) is 1. The maximum atomic E-state index is 13.6. The summed E-state index contributed by atoms with van der Waals surface area (Å²) in [7, 11) is -3.95. The molecule has 1 aliphatic carbocycles. The molecule has 6 heteroatoms. The second-order valence-electron chi connectivity index (χ2n) is 4.70. The predicted octanol–water partition coefficient (Wildman–Crippen LogP) is 2.19. The minimum atomic E-state index is -3.95. The van der Waals surface area contributed by atoms with Crippen LogP contribution in [0.2, 0.25) is 0 Å². The van der Waals surface area contributed by atoms with Crippen molar-refractivity contribution in [1.82, 2.24) is 9.71 Å². The first-order chi connectivity index (χ1) is 9.58. The van der Waals surface area contributed by atoms with Crippen molar-refractivity contribution in [3.8, 4) is 0 Å². The standard InChI is InChI=1S/C14H13FN2O2S/c15-12-6-3-9-16-14(12)20(18,19)17-13-8-7-10-4-1-2-5-11(10)13/h1-6,9,13,17H,7-8H2. The highest BCUT2D eigenvalue weighted by Crippen LogP contribution is 2.31. The van der Waals surface area contributed by atoms with Crippen molar-refractivity contribution in [2.45, 2.75) is 23.9 Å². The van der Waals surface area contributed by atoms with Gasteiger partial charge in [-0.3, -0.25) is 0 Å². The molecular formula is C14H13FN2O2S. The van der Waals surface area contributed by atoms with Crippen LogP contribution in [-0.4, -0.2) is 13.4 Å². The van der Waals surface area contributed by atoms with Crippen LogP contribution in [0.4, 0.5) is 4.39 Å². The first-order valence-electron chi connectivity index (χ1n) is 6.28. The molecule has 1 N–H and O–H groups in total. The molecule has 3 rings (SSSR count). The van der Waals surface area contributed by atoms with Gasteiger partial charge < -0.3 is 0 Å². The molecule has 0 bridgehead atoms. The number of sulfonamides is 1. The number of fused-ring (bicyclic) bond motifs is 1. The topological polar surface area (TPSA) is 59.1 Å². The molecule has 0 saturated heterocycles. The molecular weight excluding hydrogens is 279 g/mol. The molecule has 0 radical (unpaired) electrons. The summed E-state index contributed by atoms with van der Waals surface area (Å²) >= 11 is 0. The van der Waals surface area contributed by atoms with Gasteiger partial charge in [0.05, 0.1) is 0 Å². The van der Waals surface area contributed by atoms with Crippen molar-refractivity contribution < 1.29 is 12.8 Å². The SMILES string of the molecule is O=S(=O)(NC1CCc2ccccc21)c1ncccc1F. The van der Waals surface area contributed by atoms with E-state index in [2.05, 4.69) is 9.71 Å². The van der Waals surface area contributed by atoms with Crippen molar-refractivity contribution in [3.05, 3.63) is 59.5 Å². The van der Waals surface area contributed by atoms with E-state index in [0.717, 1.165) is 23.6 Å². The lowest BCUT2D eigenvalue weighted by Gasteiger charge is -2.14. The number of aromatic nitrogens is 1. The molecule has 1 atom stereocenters. The second-order valence-corrected chi connectivity index (χ2v) is 6.33. The summed E-state index contributed by atoms with van der Waals surface area (Å²) in [6.07, 6.45) is 2.75. The van der Waals surface area contributed by atoms with Crippen LogP contribution in [0.15, 0.2) is 47.6 Å². The van der Waals surface area contributed by atoms with E-state index in [1.54, 1.807) is 0 Å². The maximum Gasteiger partial charge on any atom is 0.261 e. The molecule has 104 valence electrons. The van der Waals surface area contributed by atoms with Gasteiger partial charge in [0, 0.05) is 12.2 Å². The number of benzene rings is 1. The number of pyridine rings is 1. The van der Waals surface area contributed by atoms with E-state index < -0.39 is 20.9 Å². The van der Waals surface area contributed by atoms with Crippen LogP contribution in [0.5, 0.6) is 0 Å². The quantitative estimate of drug-likeness (QED) is 0.943. The van der Waals surface area contributed by atoms with Crippen molar-refractivity contribution in [3.63, 3.8) is 0 Å². The Morgan fingerprint density at radius 3 is 2.80 bits per heavy atom. The van der Waals surface area contributed by atoms with Gasteiger partial charge in [0.25, 0.3) is 10.0 Å². The van der Waals surface area contributed by atoms with Gasteiger partial charge in [-0.2, -0.15) is 0 Å². The van der Waals surface area contributed by atoms with Gasteiger partial charge in [0.1, 0.15) is 0 Å². The highest BCUT2D eigenvalue weighted by Gasteiger charge is 2.29. The van der Waals surface area contributed by atoms with Crippen LogP contribution in [0.1, 0.15) is 23.6 Å². The Bertz CT molecular complexity index is 746. The summed E-state index contributed by atoms with van der Waals surface area (Å²) in [5.41, 5.74) is 2.08. The van der Waals surface area contributed by atoms with Gasteiger partial charge in [-0.25, -0.2) is 22.5 Å². The first kappa shape index (κ1) is 13.2. The summed E-state index contributed by atoms with van der Waals surface area (Å²) in [6.45, 7) is 0. The zero-order valence-corrected chi connectivity index (χ0v) is 11.4. The first-order valence-corrected chi connectivity index (χ1v) is 7.77. The van der Waals surface area contributed by atoms with Crippen molar-refractivity contribution in [2.24, 2.45) is 0 Å². The van der Waals surface area contributed by atoms with Gasteiger partial charge >= 0.3 is 0 Å². The minimum absolute atomic E-state index is 0.322. The smallest absolute Gasteiger partial charge is 0.241 e. The molecule has 1 aliphatic rings. The van der Waals surface area contributed by atoms with Gasteiger partial charge in [-0.05, 0) is 36.1 Å². The molecule has 0 aliphatic heterocycles. The van der Waals surface area contributed by atoms with Crippen LogP contribution in [0, 0.1) is 5.82 Å². The minimum Gasteiger partial charge on any atom is -0.241 e. The summed E-state index contributed by atoms with van der Waals surface area (Å²) in [5.74, 6) is -0.841. The molecule has 2 aromatic rings. The van der Waals surface area contributed by atoms with Crippen LogP contribution in [0.3, 0.4) is 0 Å². The molecule has 0 fully saturated rings.